The van der Waals surface area contributed by atoms with E-state index in [2.05, 4.69) is 15.5 Å². The molecule has 0 radical (unpaired) electrons. The minimum atomic E-state index is -4.36. The summed E-state index contributed by atoms with van der Waals surface area (Å²) in [7, 11) is 0. The third-order valence-electron chi connectivity index (χ3n) is 4.67. The smallest absolute Gasteiger partial charge is 0.366 e. The summed E-state index contributed by atoms with van der Waals surface area (Å²) in [4.78, 5) is 0. The van der Waals surface area contributed by atoms with Crippen molar-refractivity contribution in [3.05, 3.63) is 54.1 Å². The summed E-state index contributed by atoms with van der Waals surface area (Å²) < 4.78 is 38.3. The summed E-state index contributed by atoms with van der Waals surface area (Å²) in [6.45, 7) is 0.616. The summed E-state index contributed by atoms with van der Waals surface area (Å²) in [6, 6.07) is 12.5. The maximum absolute atomic E-state index is 12.8. The number of benzene rings is 2. The lowest BCUT2D eigenvalue weighted by Crippen LogP contribution is -2.31. The first-order valence-electron chi connectivity index (χ1n) is 8.32. The fourth-order valence-electron chi connectivity index (χ4n) is 2.86. The second-order valence-corrected chi connectivity index (χ2v) is 6.73. The number of aromatic nitrogens is 2. The van der Waals surface area contributed by atoms with E-state index in [9.17, 15) is 13.2 Å². The second kappa shape index (κ2) is 6.98. The van der Waals surface area contributed by atoms with Crippen molar-refractivity contribution >= 4 is 29.0 Å². The standard InChI is InChI=1S/C19H17F3N4.ClH/c20-19(21,22)13-7-5-12(6-8-13)16-14-3-1-2-4-15(14)17(26-25-16)24-11-18(23)9-10-18;/h1-8H,9-11,23H2,(H,24,26);1H. The quantitative estimate of drug-likeness (QED) is 0.676. The van der Waals surface area contributed by atoms with E-state index in [0.717, 1.165) is 35.7 Å². The Balaban J connectivity index is 0.00000210. The lowest BCUT2D eigenvalue weighted by atomic mass is 10.0. The number of alkyl halides is 3. The summed E-state index contributed by atoms with van der Waals surface area (Å²) in [5.41, 5.74) is 6.39. The molecule has 0 aliphatic heterocycles. The van der Waals surface area contributed by atoms with Crippen LogP contribution in [-0.2, 0) is 6.18 Å². The molecule has 0 spiro atoms. The van der Waals surface area contributed by atoms with E-state index in [0.29, 0.717) is 23.6 Å². The van der Waals surface area contributed by atoms with Gasteiger partial charge in [0, 0.05) is 28.4 Å². The minimum absolute atomic E-state index is 0. The van der Waals surface area contributed by atoms with Crippen LogP contribution in [-0.4, -0.2) is 22.3 Å². The van der Waals surface area contributed by atoms with Gasteiger partial charge in [-0.3, -0.25) is 0 Å². The Morgan fingerprint density at radius 1 is 0.963 bits per heavy atom. The SMILES string of the molecule is Cl.NC1(CNc2nnc(-c3ccc(C(F)(F)F)cc3)c3ccccc23)CC1. The van der Waals surface area contributed by atoms with Gasteiger partial charge in [0.2, 0.25) is 0 Å². The molecule has 0 atom stereocenters. The van der Waals surface area contributed by atoms with E-state index in [1.54, 1.807) is 0 Å². The highest BCUT2D eigenvalue weighted by Gasteiger charge is 2.38. The number of nitrogens with two attached hydrogens (primary N) is 1. The highest BCUT2D eigenvalue weighted by atomic mass is 35.5. The maximum atomic E-state index is 12.8. The zero-order valence-electron chi connectivity index (χ0n) is 14.3. The van der Waals surface area contributed by atoms with Crippen molar-refractivity contribution < 1.29 is 13.2 Å². The van der Waals surface area contributed by atoms with Gasteiger partial charge in [-0.2, -0.15) is 13.2 Å². The average molecular weight is 395 g/mol. The topological polar surface area (TPSA) is 63.8 Å². The number of anilines is 1. The molecule has 1 aromatic heterocycles. The van der Waals surface area contributed by atoms with Crippen LogP contribution >= 0.6 is 12.4 Å². The van der Waals surface area contributed by atoms with Crippen LogP contribution in [0.3, 0.4) is 0 Å². The molecular weight excluding hydrogens is 377 g/mol. The van der Waals surface area contributed by atoms with Crippen molar-refractivity contribution in [2.45, 2.75) is 24.6 Å². The first kappa shape index (κ1) is 19.4. The summed E-state index contributed by atoms with van der Waals surface area (Å²) >= 11 is 0. The molecule has 1 heterocycles. The molecule has 4 nitrogen and oxygen atoms in total. The third kappa shape index (κ3) is 3.99. The van der Waals surface area contributed by atoms with Crippen molar-refractivity contribution in [3.8, 4) is 11.3 Å². The molecule has 0 unspecified atom stereocenters. The molecular formula is C19H18ClF3N4. The Morgan fingerprint density at radius 2 is 1.59 bits per heavy atom. The van der Waals surface area contributed by atoms with Crippen LogP contribution in [0.15, 0.2) is 48.5 Å². The second-order valence-electron chi connectivity index (χ2n) is 6.73. The molecule has 3 N–H and O–H groups in total. The van der Waals surface area contributed by atoms with Crippen LogP contribution in [0.4, 0.5) is 19.0 Å². The predicted octanol–water partition coefficient (Wildman–Crippen LogP) is 4.64. The molecule has 1 saturated carbocycles. The maximum Gasteiger partial charge on any atom is 0.416 e. The summed E-state index contributed by atoms with van der Waals surface area (Å²) in [6.07, 6.45) is -2.40. The van der Waals surface area contributed by atoms with Gasteiger partial charge < -0.3 is 11.1 Å². The summed E-state index contributed by atoms with van der Waals surface area (Å²) in [5, 5.41) is 13.4. The fraction of sp³-hybridized carbons (Fsp3) is 0.263. The Bertz CT molecular complexity index is 953. The highest BCUT2D eigenvalue weighted by Crippen LogP contribution is 2.35. The van der Waals surface area contributed by atoms with Gasteiger partial charge in [0.15, 0.2) is 5.82 Å². The molecule has 1 aliphatic rings. The Hall–Kier alpha value is -2.38. The molecule has 1 fully saturated rings. The lowest BCUT2D eigenvalue weighted by Gasteiger charge is -2.14. The Labute approximate surface area is 160 Å². The Kier molecular flexibility index (Phi) is 5.01. The molecule has 3 aromatic rings. The molecule has 0 bridgehead atoms. The van der Waals surface area contributed by atoms with Gasteiger partial charge in [0.05, 0.1) is 5.56 Å². The molecule has 1 aliphatic carbocycles. The zero-order valence-corrected chi connectivity index (χ0v) is 15.1. The van der Waals surface area contributed by atoms with Crippen LogP contribution in [0, 0.1) is 0 Å². The molecule has 0 saturated heterocycles. The number of hydrogen-bond acceptors (Lipinski definition) is 4. The van der Waals surface area contributed by atoms with Crippen molar-refractivity contribution in [1.29, 1.82) is 0 Å². The predicted molar refractivity (Wildman–Crippen MR) is 102 cm³/mol. The number of nitrogens with zero attached hydrogens (tertiary/aromatic N) is 2. The third-order valence-corrected chi connectivity index (χ3v) is 4.67. The van der Waals surface area contributed by atoms with E-state index in [-0.39, 0.29) is 17.9 Å². The van der Waals surface area contributed by atoms with Gasteiger partial charge in [-0.15, -0.1) is 22.6 Å². The van der Waals surface area contributed by atoms with Gasteiger partial charge in [0.25, 0.3) is 0 Å². The normalized spacial score (nSPS) is 15.3. The molecule has 27 heavy (non-hydrogen) atoms. The number of nitrogens with one attached hydrogen (secondary N) is 1. The molecule has 4 rings (SSSR count). The van der Waals surface area contributed by atoms with Crippen LogP contribution in [0.5, 0.6) is 0 Å². The van der Waals surface area contributed by atoms with Gasteiger partial charge in [-0.05, 0) is 25.0 Å². The van der Waals surface area contributed by atoms with Crippen molar-refractivity contribution in [2.24, 2.45) is 5.73 Å². The monoisotopic (exact) mass is 394 g/mol. The van der Waals surface area contributed by atoms with Gasteiger partial charge in [0.1, 0.15) is 5.69 Å². The van der Waals surface area contributed by atoms with E-state index in [1.165, 1.54) is 12.1 Å². The summed E-state index contributed by atoms with van der Waals surface area (Å²) in [5.74, 6) is 0.632. The van der Waals surface area contributed by atoms with Crippen LogP contribution in [0.2, 0.25) is 0 Å². The molecule has 142 valence electrons. The van der Waals surface area contributed by atoms with E-state index < -0.39 is 11.7 Å². The highest BCUT2D eigenvalue weighted by molar-refractivity contribution is 6.00. The van der Waals surface area contributed by atoms with Gasteiger partial charge in [-0.25, -0.2) is 0 Å². The van der Waals surface area contributed by atoms with Crippen molar-refractivity contribution in [3.63, 3.8) is 0 Å². The van der Waals surface area contributed by atoms with Crippen molar-refractivity contribution in [1.82, 2.24) is 10.2 Å². The molecule has 8 heteroatoms. The molecule has 0 amide bonds. The largest absolute Gasteiger partial charge is 0.416 e. The first-order valence-corrected chi connectivity index (χ1v) is 8.32. The van der Waals surface area contributed by atoms with E-state index in [4.69, 9.17) is 5.73 Å². The minimum Gasteiger partial charge on any atom is -0.366 e. The molecule has 2 aromatic carbocycles. The van der Waals surface area contributed by atoms with Crippen LogP contribution in [0.25, 0.3) is 22.0 Å². The number of rotatable bonds is 4. The van der Waals surface area contributed by atoms with Crippen molar-refractivity contribution in [2.75, 3.05) is 11.9 Å². The van der Waals surface area contributed by atoms with E-state index >= 15 is 0 Å². The average Bonchev–Trinajstić information content (AvgIpc) is 3.37. The number of hydrogen-bond donors (Lipinski definition) is 2. The van der Waals surface area contributed by atoms with Gasteiger partial charge in [-0.1, -0.05) is 36.4 Å². The lowest BCUT2D eigenvalue weighted by molar-refractivity contribution is -0.137. The fourth-order valence-corrected chi connectivity index (χ4v) is 2.86. The number of halogens is 4. The van der Waals surface area contributed by atoms with E-state index in [1.807, 2.05) is 24.3 Å². The Morgan fingerprint density at radius 3 is 2.19 bits per heavy atom. The zero-order chi connectivity index (χ0) is 18.4. The first-order chi connectivity index (χ1) is 12.4. The van der Waals surface area contributed by atoms with Gasteiger partial charge >= 0.3 is 6.18 Å². The van der Waals surface area contributed by atoms with Crippen LogP contribution < -0.4 is 11.1 Å². The number of fused-ring (bicyclic) bond motifs is 1. The van der Waals surface area contributed by atoms with Crippen LogP contribution in [0.1, 0.15) is 18.4 Å².